The van der Waals surface area contributed by atoms with Gasteiger partial charge in [-0.3, -0.25) is 9.59 Å². The number of amides is 1. The van der Waals surface area contributed by atoms with Gasteiger partial charge in [-0.1, -0.05) is 24.3 Å². The molecule has 1 fully saturated rings. The van der Waals surface area contributed by atoms with Crippen LogP contribution in [0, 0.1) is 0 Å². The molecule has 0 bridgehead atoms. The fourth-order valence-corrected chi connectivity index (χ4v) is 4.30. The zero-order valence-electron chi connectivity index (χ0n) is 16.1. The van der Waals surface area contributed by atoms with E-state index >= 15 is 0 Å². The fourth-order valence-electron chi connectivity index (χ4n) is 4.30. The number of benzene rings is 2. The molecule has 6 heteroatoms. The lowest BCUT2D eigenvalue weighted by Gasteiger charge is -2.27. The summed E-state index contributed by atoms with van der Waals surface area (Å²) in [4.78, 5) is 28.4. The highest BCUT2D eigenvalue weighted by Crippen LogP contribution is 2.39. The second-order valence-electron chi connectivity index (χ2n) is 7.44. The first kappa shape index (κ1) is 17.9. The van der Waals surface area contributed by atoms with E-state index in [1.165, 1.54) is 0 Å². The van der Waals surface area contributed by atoms with Crippen LogP contribution in [0.15, 0.2) is 57.7 Å². The standard InChI is InChI=1S/C23H21NO5/c1-27-15-10-8-14(9-11-15)20-19-21(25)17-6-2-3-7-18(17)29-22(19)23(26)24(20)13-16-5-4-12-28-16/h2-3,6-11,16,20H,4-5,12-13H2,1H3/t16-,20+/m0/s1. The Morgan fingerprint density at radius 2 is 1.90 bits per heavy atom. The number of carbonyl (C=O) groups is 1. The Hall–Kier alpha value is -3.12. The number of para-hydroxylation sites is 1. The summed E-state index contributed by atoms with van der Waals surface area (Å²) in [5, 5.41) is 0.483. The summed E-state index contributed by atoms with van der Waals surface area (Å²) >= 11 is 0. The van der Waals surface area contributed by atoms with E-state index in [0.717, 1.165) is 24.2 Å². The van der Waals surface area contributed by atoms with Crippen LogP contribution in [0.3, 0.4) is 0 Å². The number of carbonyl (C=O) groups excluding carboxylic acids is 1. The van der Waals surface area contributed by atoms with E-state index in [1.807, 2.05) is 24.3 Å². The largest absolute Gasteiger partial charge is 0.497 e. The monoisotopic (exact) mass is 391 g/mol. The minimum Gasteiger partial charge on any atom is -0.497 e. The van der Waals surface area contributed by atoms with Crippen molar-refractivity contribution in [3.63, 3.8) is 0 Å². The molecule has 29 heavy (non-hydrogen) atoms. The van der Waals surface area contributed by atoms with Crippen molar-refractivity contribution in [3.8, 4) is 5.75 Å². The van der Waals surface area contributed by atoms with Gasteiger partial charge in [-0.15, -0.1) is 0 Å². The quantitative estimate of drug-likeness (QED) is 0.681. The van der Waals surface area contributed by atoms with Crippen molar-refractivity contribution >= 4 is 16.9 Å². The normalized spacial score (nSPS) is 21.0. The number of nitrogens with zero attached hydrogens (tertiary/aromatic N) is 1. The third-order valence-electron chi connectivity index (χ3n) is 5.73. The average Bonchev–Trinajstić information content (AvgIpc) is 3.36. The van der Waals surface area contributed by atoms with E-state index < -0.39 is 6.04 Å². The highest BCUT2D eigenvalue weighted by atomic mass is 16.5. The summed E-state index contributed by atoms with van der Waals surface area (Å²) in [6.07, 6.45) is 1.85. The van der Waals surface area contributed by atoms with Gasteiger partial charge in [0.2, 0.25) is 5.76 Å². The Morgan fingerprint density at radius 1 is 1.10 bits per heavy atom. The van der Waals surface area contributed by atoms with Crippen molar-refractivity contribution in [2.24, 2.45) is 0 Å². The molecule has 1 amide bonds. The van der Waals surface area contributed by atoms with Gasteiger partial charge in [-0.05, 0) is 42.7 Å². The smallest absolute Gasteiger partial charge is 0.291 e. The molecular formula is C23H21NO5. The van der Waals surface area contributed by atoms with Gasteiger partial charge < -0.3 is 18.8 Å². The van der Waals surface area contributed by atoms with Crippen LogP contribution in [-0.4, -0.2) is 37.2 Å². The van der Waals surface area contributed by atoms with Crippen LogP contribution in [0.5, 0.6) is 5.75 Å². The molecule has 2 aliphatic heterocycles. The summed E-state index contributed by atoms with van der Waals surface area (Å²) in [5.41, 5.74) is 1.51. The maximum atomic E-state index is 13.4. The molecule has 0 radical (unpaired) electrons. The Kier molecular flexibility index (Phi) is 4.36. The Morgan fingerprint density at radius 3 is 2.62 bits per heavy atom. The molecule has 3 aromatic rings. The zero-order chi connectivity index (χ0) is 20.0. The Bertz CT molecular complexity index is 1130. The molecule has 3 heterocycles. The van der Waals surface area contributed by atoms with Crippen molar-refractivity contribution in [3.05, 3.63) is 75.6 Å². The van der Waals surface area contributed by atoms with Gasteiger partial charge in [0, 0.05) is 13.2 Å². The van der Waals surface area contributed by atoms with Gasteiger partial charge in [0.05, 0.1) is 30.2 Å². The number of fused-ring (bicyclic) bond motifs is 2. The van der Waals surface area contributed by atoms with Crippen LogP contribution in [0.1, 0.15) is 40.6 Å². The number of hydrogen-bond acceptors (Lipinski definition) is 5. The maximum absolute atomic E-state index is 13.4. The lowest BCUT2D eigenvalue weighted by Crippen LogP contribution is -2.36. The first-order valence-corrected chi connectivity index (χ1v) is 9.79. The van der Waals surface area contributed by atoms with E-state index in [-0.39, 0.29) is 23.2 Å². The highest BCUT2D eigenvalue weighted by Gasteiger charge is 2.43. The van der Waals surface area contributed by atoms with Crippen molar-refractivity contribution in [1.29, 1.82) is 0 Å². The van der Waals surface area contributed by atoms with Crippen molar-refractivity contribution in [1.82, 2.24) is 4.90 Å². The molecule has 148 valence electrons. The third kappa shape index (κ3) is 2.91. The molecule has 1 aromatic heterocycles. The Balaban J connectivity index is 1.68. The number of hydrogen-bond donors (Lipinski definition) is 0. The molecule has 0 spiro atoms. The van der Waals surface area contributed by atoms with Gasteiger partial charge in [0.15, 0.2) is 5.43 Å². The second kappa shape index (κ2) is 7.04. The van der Waals surface area contributed by atoms with Crippen molar-refractivity contribution < 1.29 is 18.7 Å². The van der Waals surface area contributed by atoms with Crippen LogP contribution in [0.2, 0.25) is 0 Å². The topological polar surface area (TPSA) is 69.0 Å². The van der Waals surface area contributed by atoms with E-state index in [1.54, 1.807) is 36.3 Å². The summed E-state index contributed by atoms with van der Waals surface area (Å²) in [6, 6.07) is 14.0. The lowest BCUT2D eigenvalue weighted by atomic mass is 9.98. The predicted molar refractivity (Wildman–Crippen MR) is 107 cm³/mol. The predicted octanol–water partition coefficient (Wildman–Crippen LogP) is 3.53. The molecule has 5 rings (SSSR count). The molecule has 0 N–H and O–H groups in total. The van der Waals surface area contributed by atoms with Gasteiger partial charge >= 0.3 is 0 Å². The van der Waals surface area contributed by atoms with Gasteiger partial charge in [-0.25, -0.2) is 0 Å². The summed E-state index contributed by atoms with van der Waals surface area (Å²) in [5.74, 6) is 0.584. The van der Waals surface area contributed by atoms with E-state index in [2.05, 4.69) is 0 Å². The van der Waals surface area contributed by atoms with Crippen LogP contribution >= 0.6 is 0 Å². The van der Waals surface area contributed by atoms with Crippen LogP contribution in [0.4, 0.5) is 0 Å². The van der Waals surface area contributed by atoms with Crippen LogP contribution < -0.4 is 10.2 Å². The molecule has 2 aromatic carbocycles. The highest BCUT2D eigenvalue weighted by molar-refractivity contribution is 5.99. The first-order chi connectivity index (χ1) is 14.2. The number of ether oxygens (including phenoxy) is 2. The van der Waals surface area contributed by atoms with Gasteiger partial charge in [0.25, 0.3) is 5.91 Å². The third-order valence-corrected chi connectivity index (χ3v) is 5.73. The molecular weight excluding hydrogens is 370 g/mol. The van der Waals surface area contributed by atoms with Crippen molar-refractivity contribution in [2.45, 2.75) is 25.0 Å². The first-order valence-electron chi connectivity index (χ1n) is 9.79. The number of rotatable bonds is 4. The molecule has 0 unspecified atom stereocenters. The zero-order valence-corrected chi connectivity index (χ0v) is 16.1. The molecule has 6 nitrogen and oxygen atoms in total. The Labute approximate surface area is 167 Å². The van der Waals surface area contributed by atoms with Crippen LogP contribution in [0.25, 0.3) is 11.0 Å². The minimum absolute atomic E-state index is 0.0291. The van der Waals surface area contributed by atoms with Gasteiger partial charge in [0.1, 0.15) is 11.3 Å². The van der Waals surface area contributed by atoms with Crippen LogP contribution in [-0.2, 0) is 4.74 Å². The van der Waals surface area contributed by atoms with E-state index in [4.69, 9.17) is 13.9 Å². The molecule has 0 saturated carbocycles. The van der Waals surface area contributed by atoms with E-state index in [0.29, 0.717) is 29.7 Å². The maximum Gasteiger partial charge on any atom is 0.291 e. The SMILES string of the molecule is COc1ccc([C@@H]2c3c(oc4ccccc4c3=O)C(=O)N2C[C@@H]2CCCO2)cc1. The lowest BCUT2D eigenvalue weighted by molar-refractivity contribution is 0.0486. The molecule has 2 aliphatic rings. The van der Waals surface area contributed by atoms with Crippen molar-refractivity contribution in [2.75, 3.05) is 20.3 Å². The summed E-state index contributed by atoms with van der Waals surface area (Å²) < 4.78 is 17.0. The second-order valence-corrected chi connectivity index (χ2v) is 7.44. The fraction of sp³-hybridized carbons (Fsp3) is 0.304. The molecule has 2 atom stereocenters. The summed E-state index contributed by atoms with van der Waals surface area (Å²) in [6.45, 7) is 1.13. The minimum atomic E-state index is -0.506. The van der Waals surface area contributed by atoms with E-state index in [9.17, 15) is 9.59 Å². The molecule has 1 saturated heterocycles. The number of methoxy groups -OCH3 is 1. The molecule has 0 aliphatic carbocycles. The average molecular weight is 391 g/mol. The summed E-state index contributed by atoms with van der Waals surface area (Å²) in [7, 11) is 1.61. The van der Waals surface area contributed by atoms with Gasteiger partial charge in [-0.2, -0.15) is 0 Å².